The molecule has 0 aromatic heterocycles. The highest BCUT2D eigenvalue weighted by Crippen LogP contribution is 2.37. The number of aryl methyl sites for hydroxylation is 1. The summed E-state index contributed by atoms with van der Waals surface area (Å²) in [6, 6.07) is 17.7. The van der Waals surface area contributed by atoms with Gasteiger partial charge in [0.1, 0.15) is 5.60 Å². The maximum absolute atomic E-state index is 12.9. The van der Waals surface area contributed by atoms with Crippen molar-refractivity contribution in [2.45, 2.75) is 44.6 Å². The summed E-state index contributed by atoms with van der Waals surface area (Å²) in [7, 11) is 1.75. The summed E-state index contributed by atoms with van der Waals surface area (Å²) in [5, 5.41) is 3.47. The number of para-hydroxylation sites is 1. The molecule has 0 saturated heterocycles. The van der Waals surface area contributed by atoms with E-state index >= 15 is 0 Å². The van der Waals surface area contributed by atoms with E-state index in [0.717, 1.165) is 42.6 Å². The molecule has 0 bridgehead atoms. The zero-order chi connectivity index (χ0) is 18.4. The topological polar surface area (TPSA) is 38.3 Å². The Hall–Kier alpha value is -2.39. The van der Waals surface area contributed by atoms with Gasteiger partial charge in [0.25, 0.3) is 0 Å². The maximum Gasteiger partial charge on any atom is 0.187 e. The fraction of sp³-hybridized carbons (Fsp3) is 0.348. The van der Waals surface area contributed by atoms with Gasteiger partial charge in [-0.25, -0.2) is 0 Å². The van der Waals surface area contributed by atoms with E-state index in [0.29, 0.717) is 5.56 Å². The van der Waals surface area contributed by atoms with Gasteiger partial charge < -0.3 is 10.1 Å². The van der Waals surface area contributed by atoms with Crippen LogP contribution in [-0.4, -0.2) is 18.5 Å². The van der Waals surface area contributed by atoms with Crippen LogP contribution in [0.25, 0.3) is 0 Å². The van der Waals surface area contributed by atoms with E-state index in [9.17, 15) is 4.79 Å². The zero-order valence-corrected chi connectivity index (χ0v) is 15.6. The van der Waals surface area contributed by atoms with E-state index in [1.165, 1.54) is 6.42 Å². The van der Waals surface area contributed by atoms with E-state index in [2.05, 4.69) is 5.32 Å². The van der Waals surface area contributed by atoms with Gasteiger partial charge in [0.15, 0.2) is 5.78 Å². The van der Waals surface area contributed by atoms with Crippen LogP contribution in [0.3, 0.4) is 0 Å². The zero-order valence-electron chi connectivity index (χ0n) is 15.6. The highest BCUT2D eigenvalue weighted by molar-refractivity contribution is 6.05. The van der Waals surface area contributed by atoms with Gasteiger partial charge in [0, 0.05) is 24.4 Å². The number of hydrogen-bond acceptors (Lipinski definition) is 3. The molecule has 0 amide bonds. The lowest BCUT2D eigenvalue weighted by atomic mass is 9.81. The molecule has 3 rings (SSSR count). The molecule has 1 saturated carbocycles. The van der Waals surface area contributed by atoms with Crippen LogP contribution in [0.5, 0.6) is 0 Å². The molecular weight excluding hydrogens is 322 g/mol. The molecule has 0 radical (unpaired) electrons. The molecule has 0 aliphatic heterocycles. The predicted molar refractivity (Wildman–Crippen MR) is 106 cm³/mol. The number of nitrogens with one attached hydrogen (secondary N) is 1. The number of rotatable bonds is 6. The van der Waals surface area contributed by atoms with E-state index in [1.54, 1.807) is 13.2 Å². The van der Waals surface area contributed by atoms with Crippen LogP contribution in [0.15, 0.2) is 66.4 Å². The monoisotopic (exact) mass is 349 g/mol. The smallest absolute Gasteiger partial charge is 0.187 e. The quantitative estimate of drug-likeness (QED) is 0.551. The molecule has 1 aliphatic rings. The number of anilines is 1. The average molecular weight is 349 g/mol. The van der Waals surface area contributed by atoms with Gasteiger partial charge >= 0.3 is 0 Å². The fourth-order valence-corrected chi connectivity index (χ4v) is 3.60. The molecule has 0 unspecified atom stereocenters. The molecule has 1 fully saturated rings. The van der Waals surface area contributed by atoms with Crippen molar-refractivity contribution in [1.29, 1.82) is 0 Å². The van der Waals surface area contributed by atoms with Crippen LogP contribution in [0.4, 0.5) is 5.69 Å². The normalized spacial score (nSPS) is 16.9. The van der Waals surface area contributed by atoms with E-state index in [-0.39, 0.29) is 5.78 Å². The Morgan fingerprint density at radius 3 is 2.27 bits per heavy atom. The van der Waals surface area contributed by atoms with Gasteiger partial charge in [-0.3, -0.25) is 4.79 Å². The van der Waals surface area contributed by atoms with Crippen molar-refractivity contribution >= 4 is 11.5 Å². The summed E-state index contributed by atoms with van der Waals surface area (Å²) in [4.78, 5) is 12.9. The van der Waals surface area contributed by atoms with Crippen LogP contribution < -0.4 is 5.32 Å². The van der Waals surface area contributed by atoms with Crippen molar-refractivity contribution in [2.24, 2.45) is 0 Å². The Balaban J connectivity index is 1.95. The molecule has 2 aromatic rings. The highest BCUT2D eigenvalue weighted by Gasteiger charge is 2.36. The molecule has 0 spiro atoms. The first kappa shape index (κ1) is 18.4. The van der Waals surface area contributed by atoms with Gasteiger partial charge in [-0.1, -0.05) is 67.3 Å². The molecule has 0 heterocycles. The largest absolute Gasteiger partial charge is 0.372 e. The van der Waals surface area contributed by atoms with Gasteiger partial charge in [-0.05, 0) is 31.9 Å². The Bertz CT molecular complexity index is 757. The number of allylic oxidation sites excluding steroid dienone is 1. The number of ether oxygens (including phenoxy) is 1. The van der Waals surface area contributed by atoms with Crippen molar-refractivity contribution in [3.63, 3.8) is 0 Å². The first-order valence-electron chi connectivity index (χ1n) is 9.33. The lowest BCUT2D eigenvalue weighted by Crippen LogP contribution is -2.39. The van der Waals surface area contributed by atoms with Crippen LogP contribution in [0.1, 0.15) is 48.0 Å². The minimum atomic E-state index is -0.422. The average Bonchev–Trinajstić information content (AvgIpc) is 2.69. The minimum absolute atomic E-state index is 0.00503. The summed E-state index contributed by atoms with van der Waals surface area (Å²) in [5.41, 5.74) is 3.25. The van der Waals surface area contributed by atoms with Crippen LogP contribution in [0.2, 0.25) is 0 Å². The molecular formula is C23H27NO2. The van der Waals surface area contributed by atoms with Crippen LogP contribution in [0, 0.1) is 6.92 Å². The van der Waals surface area contributed by atoms with Crippen LogP contribution >= 0.6 is 0 Å². The Labute approximate surface area is 156 Å². The van der Waals surface area contributed by atoms with Crippen LogP contribution in [-0.2, 0) is 4.74 Å². The third-order valence-corrected chi connectivity index (χ3v) is 5.21. The first-order valence-corrected chi connectivity index (χ1v) is 9.33. The first-order chi connectivity index (χ1) is 12.6. The second kappa shape index (κ2) is 8.33. The molecule has 1 N–H and O–H groups in total. The summed E-state index contributed by atoms with van der Waals surface area (Å²) in [6.07, 6.45) is 7.02. The van der Waals surface area contributed by atoms with Crippen molar-refractivity contribution in [3.8, 4) is 0 Å². The maximum atomic E-state index is 12.9. The minimum Gasteiger partial charge on any atom is -0.372 e. The number of carbonyl (C=O) groups excluding carboxylic acids is 1. The number of hydrogen-bond donors (Lipinski definition) is 1. The molecule has 2 aromatic carbocycles. The predicted octanol–water partition coefficient (Wildman–Crippen LogP) is 5.52. The third-order valence-electron chi connectivity index (χ3n) is 5.21. The van der Waals surface area contributed by atoms with Crippen molar-refractivity contribution in [3.05, 3.63) is 77.5 Å². The summed E-state index contributed by atoms with van der Waals surface area (Å²) >= 11 is 0. The van der Waals surface area contributed by atoms with Gasteiger partial charge in [0.2, 0.25) is 0 Å². The summed E-state index contributed by atoms with van der Waals surface area (Å²) in [6.45, 7) is 2.02. The molecule has 26 heavy (non-hydrogen) atoms. The fourth-order valence-electron chi connectivity index (χ4n) is 3.60. The van der Waals surface area contributed by atoms with Crippen molar-refractivity contribution in [2.75, 3.05) is 12.4 Å². The lowest BCUT2D eigenvalue weighted by molar-refractivity contribution is -0.00712. The highest BCUT2D eigenvalue weighted by atomic mass is 16.5. The van der Waals surface area contributed by atoms with Gasteiger partial charge in [-0.2, -0.15) is 0 Å². The van der Waals surface area contributed by atoms with Gasteiger partial charge in [0.05, 0.1) is 5.70 Å². The molecule has 0 atom stereocenters. The summed E-state index contributed by atoms with van der Waals surface area (Å²) in [5.74, 6) is 0.00503. The molecule has 136 valence electrons. The van der Waals surface area contributed by atoms with E-state index in [4.69, 9.17) is 4.74 Å². The third kappa shape index (κ3) is 4.23. The Morgan fingerprint density at radius 2 is 1.65 bits per heavy atom. The number of ketones is 1. The van der Waals surface area contributed by atoms with E-state index < -0.39 is 5.60 Å². The SMILES string of the molecule is COC1(/C(=C/C(=O)c2ccc(C)cc2)Nc2ccccc2)CCCCC1. The van der Waals surface area contributed by atoms with Gasteiger partial charge in [-0.15, -0.1) is 0 Å². The standard InChI is InChI=1S/C23H27NO2/c1-18-11-13-19(14-12-18)21(25)17-22(24-20-9-5-3-6-10-20)23(26-2)15-7-4-8-16-23/h3,5-6,9-14,17,24H,4,7-8,15-16H2,1-2H3/b22-17-. The Kier molecular flexibility index (Phi) is 5.89. The molecule has 1 aliphatic carbocycles. The molecule has 3 nitrogen and oxygen atoms in total. The second-order valence-corrected chi connectivity index (χ2v) is 7.04. The number of carbonyl (C=O) groups is 1. The second-order valence-electron chi connectivity index (χ2n) is 7.04. The lowest BCUT2D eigenvalue weighted by Gasteiger charge is -2.38. The van der Waals surface area contributed by atoms with E-state index in [1.807, 2.05) is 61.5 Å². The van der Waals surface area contributed by atoms with Crippen molar-refractivity contribution in [1.82, 2.24) is 0 Å². The summed E-state index contributed by atoms with van der Waals surface area (Å²) < 4.78 is 5.99. The van der Waals surface area contributed by atoms with Crippen molar-refractivity contribution < 1.29 is 9.53 Å². The Morgan fingerprint density at radius 1 is 1.00 bits per heavy atom. The molecule has 3 heteroatoms. The number of benzene rings is 2. The number of methoxy groups -OCH3 is 1.